The number of carbonyl (C=O) groups is 1. The maximum Gasteiger partial charge on any atom is 0.250 e. The van der Waals surface area contributed by atoms with Crippen molar-refractivity contribution in [3.05, 3.63) is 71.3 Å². The van der Waals surface area contributed by atoms with Crippen LogP contribution in [0.15, 0.2) is 48.7 Å². The van der Waals surface area contributed by atoms with Gasteiger partial charge in [0.25, 0.3) is 0 Å². The highest BCUT2D eigenvalue weighted by atomic mass is 32.1. The minimum Gasteiger partial charge on any atom is -0.495 e. The van der Waals surface area contributed by atoms with Crippen LogP contribution in [-0.2, 0) is 20.8 Å². The number of thiocarbonyl (C=S) groups is 1. The SMILES string of the molecule is COCC(=O)Nc1cc(N2C(=S)N[C@@H](c3ccccn3)[C@@H]2c2cc(C)n(CCCN3CCOCC3)c2C)ccc1OC. The summed E-state index contributed by atoms with van der Waals surface area (Å²) in [5.74, 6) is 0.288. The Labute approximate surface area is 252 Å². The molecule has 0 aliphatic carbocycles. The standard InChI is InChI=1S/C31H40N6O4S/c1-21-18-24(22(2)36(21)13-7-12-35-14-16-41-17-15-35)30-29(25-8-5-6-11-32-25)34-31(42)37(30)23-9-10-27(40-4)26(19-23)33-28(38)20-39-3/h5-6,8-11,18-19,29-30H,7,12-17,20H2,1-4H3,(H,33,38)(H,34,42)/t29-,30-/m0/s1. The van der Waals surface area contributed by atoms with E-state index < -0.39 is 0 Å². The zero-order valence-corrected chi connectivity index (χ0v) is 25.6. The number of amides is 1. The molecule has 0 unspecified atom stereocenters. The van der Waals surface area contributed by atoms with Crippen molar-refractivity contribution in [2.75, 3.05) is 63.9 Å². The monoisotopic (exact) mass is 592 g/mol. The van der Waals surface area contributed by atoms with Gasteiger partial charge in [-0.1, -0.05) is 6.07 Å². The molecule has 2 saturated heterocycles. The van der Waals surface area contributed by atoms with E-state index in [1.54, 1.807) is 7.11 Å². The Morgan fingerprint density at radius 3 is 2.67 bits per heavy atom. The third kappa shape index (κ3) is 6.44. The molecule has 1 amide bonds. The van der Waals surface area contributed by atoms with Gasteiger partial charge in [0.1, 0.15) is 12.4 Å². The Morgan fingerprint density at radius 2 is 1.95 bits per heavy atom. The van der Waals surface area contributed by atoms with Crippen molar-refractivity contribution in [1.82, 2.24) is 19.8 Å². The molecule has 2 atom stereocenters. The van der Waals surface area contributed by atoms with Crippen molar-refractivity contribution in [3.8, 4) is 5.75 Å². The minimum absolute atomic E-state index is 0.0566. The summed E-state index contributed by atoms with van der Waals surface area (Å²) in [6.07, 6.45) is 2.87. The van der Waals surface area contributed by atoms with Crippen molar-refractivity contribution in [1.29, 1.82) is 0 Å². The lowest BCUT2D eigenvalue weighted by atomic mass is 9.96. The van der Waals surface area contributed by atoms with Crippen molar-refractivity contribution in [3.63, 3.8) is 0 Å². The molecule has 0 radical (unpaired) electrons. The molecule has 2 aromatic heterocycles. The molecule has 0 spiro atoms. The van der Waals surface area contributed by atoms with Gasteiger partial charge in [-0.3, -0.25) is 14.7 Å². The van der Waals surface area contributed by atoms with E-state index in [1.165, 1.54) is 24.1 Å². The number of pyridine rings is 1. The van der Waals surface area contributed by atoms with E-state index in [-0.39, 0.29) is 24.6 Å². The Kier molecular flexibility index (Phi) is 9.73. The maximum absolute atomic E-state index is 12.4. The van der Waals surface area contributed by atoms with Gasteiger partial charge in [-0.25, -0.2) is 0 Å². The van der Waals surface area contributed by atoms with Gasteiger partial charge in [-0.05, 0) is 74.4 Å². The Balaban J connectivity index is 1.50. The fourth-order valence-electron chi connectivity index (χ4n) is 5.96. The van der Waals surface area contributed by atoms with E-state index in [2.05, 4.69) is 44.9 Å². The number of rotatable bonds is 11. The number of hydrogen-bond acceptors (Lipinski definition) is 7. The summed E-state index contributed by atoms with van der Waals surface area (Å²) in [5.41, 5.74) is 5.90. The van der Waals surface area contributed by atoms with Crippen LogP contribution in [-0.4, -0.2) is 79.1 Å². The lowest BCUT2D eigenvalue weighted by molar-refractivity contribution is -0.119. The van der Waals surface area contributed by atoms with Crippen LogP contribution in [0.25, 0.3) is 0 Å². The molecule has 2 fully saturated rings. The van der Waals surface area contributed by atoms with Gasteiger partial charge < -0.3 is 34.3 Å². The van der Waals surface area contributed by atoms with Crippen LogP contribution in [0.3, 0.4) is 0 Å². The molecule has 0 bridgehead atoms. The van der Waals surface area contributed by atoms with Crippen molar-refractivity contribution in [2.24, 2.45) is 0 Å². The van der Waals surface area contributed by atoms with Crippen molar-refractivity contribution >= 4 is 34.6 Å². The van der Waals surface area contributed by atoms with Crippen LogP contribution in [0.1, 0.15) is 41.1 Å². The van der Waals surface area contributed by atoms with Crippen LogP contribution in [0.2, 0.25) is 0 Å². The third-order valence-corrected chi connectivity index (χ3v) is 8.31. The number of anilines is 2. The molecular formula is C31H40N6O4S. The van der Waals surface area contributed by atoms with Crippen LogP contribution >= 0.6 is 12.2 Å². The number of aryl methyl sites for hydroxylation is 1. The summed E-state index contributed by atoms with van der Waals surface area (Å²) in [7, 11) is 3.07. The molecule has 1 aromatic carbocycles. The van der Waals surface area contributed by atoms with Crippen LogP contribution < -0.4 is 20.3 Å². The molecule has 0 saturated carbocycles. The Morgan fingerprint density at radius 1 is 1.14 bits per heavy atom. The quantitative estimate of drug-likeness (QED) is 0.321. The highest BCUT2D eigenvalue weighted by Gasteiger charge is 2.42. The number of ether oxygens (including phenoxy) is 3. The zero-order valence-electron chi connectivity index (χ0n) is 24.8. The van der Waals surface area contributed by atoms with E-state index in [0.717, 1.165) is 57.2 Å². The molecular weight excluding hydrogens is 552 g/mol. The molecule has 2 N–H and O–H groups in total. The lowest BCUT2D eigenvalue weighted by Gasteiger charge is -2.29. The van der Waals surface area contributed by atoms with Crippen LogP contribution in [0, 0.1) is 13.8 Å². The average Bonchev–Trinajstić information content (AvgIpc) is 3.49. The van der Waals surface area contributed by atoms with Gasteiger partial charge in [0.05, 0.1) is 43.8 Å². The minimum atomic E-state index is -0.265. The van der Waals surface area contributed by atoms with E-state index in [4.69, 9.17) is 31.4 Å². The van der Waals surface area contributed by atoms with E-state index in [1.807, 2.05) is 42.6 Å². The largest absolute Gasteiger partial charge is 0.495 e. The van der Waals surface area contributed by atoms with Gasteiger partial charge in [0, 0.05) is 56.6 Å². The molecule has 5 rings (SSSR count). The van der Waals surface area contributed by atoms with Gasteiger partial charge in [0.2, 0.25) is 5.91 Å². The molecule has 10 nitrogen and oxygen atoms in total. The predicted molar refractivity (Wildman–Crippen MR) is 167 cm³/mol. The second-order valence-electron chi connectivity index (χ2n) is 10.6. The number of aromatic nitrogens is 2. The van der Waals surface area contributed by atoms with Gasteiger partial charge in [0.15, 0.2) is 5.11 Å². The summed E-state index contributed by atoms with van der Waals surface area (Å²) in [4.78, 5) is 21.7. The first-order valence-electron chi connectivity index (χ1n) is 14.4. The van der Waals surface area contributed by atoms with Crippen LogP contribution in [0.5, 0.6) is 5.75 Å². The molecule has 224 valence electrons. The number of nitrogens with one attached hydrogen (secondary N) is 2. The molecule has 4 heterocycles. The number of methoxy groups -OCH3 is 2. The summed E-state index contributed by atoms with van der Waals surface area (Å²) < 4.78 is 18.5. The molecule has 2 aliphatic heterocycles. The van der Waals surface area contributed by atoms with E-state index in [0.29, 0.717) is 16.5 Å². The van der Waals surface area contributed by atoms with Gasteiger partial charge >= 0.3 is 0 Å². The zero-order chi connectivity index (χ0) is 29.6. The topological polar surface area (TPSA) is 93.1 Å². The second-order valence-corrected chi connectivity index (χ2v) is 11.0. The first kappa shape index (κ1) is 30.0. The summed E-state index contributed by atoms with van der Waals surface area (Å²) in [6.45, 7) is 9.91. The second kappa shape index (κ2) is 13.6. The Hall–Kier alpha value is -3.51. The van der Waals surface area contributed by atoms with E-state index >= 15 is 0 Å². The maximum atomic E-state index is 12.4. The number of hydrogen-bond donors (Lipinski definition) is 2. The normalized spacial score (nSPS) is 19.1. The number of morpholine rings is 1. The predicted octanol–water partition coefficient (Wildman–Crippen LogP) is 3.99. The first-order chi connectivity index (χ1) is 20.4. The summed E-state index contributed by atoms with van der Waals surface area (Å²) in [6, 6.07) is 13.6. The number of benzene rings is 1. The first-order valence-corrected chi connectivity index (χ1v) is 14.8. The average molecular weight is 593 g/mol. The molecule has 11 heteroatoms. The fourth-order valence-corrected chi connectivity index (χ4v) is 6.30. The molecule has 3 aromatic rings. The smallest absolute Gasteiger partial charge is 0.250 e. The fraction of sp³-hybridized carbons (Fsp3) is 0.452. The van der Waals surface area contributed by atoms with Gasteiger partial charge in [-0.2, -0.15) is 0 Å². The molecule has 42 heavy (non-hydrogen) atoms. The third-order valence-electron chi connectivity index (χ3n) is 8.00. The molecule has 2 aliphatic rings. The van der Waals surface area contributed by atoms with Gasteiger partial charge in [-0.15, -0.1) is 0 Å². The van der Waals surface area contributed by atoms with Crippen LogP contribution in [0.4, 0.5) is 11.4 Å². The number of carbonyl (C=O) groups excluding carboxylic acids is 1. The summed E-state index contributed by atoms with van der Waals surface area (Å²) >= 11 is 5.96. The summed E-state index contributed by atoms with van der Waals surface area (Å²) in [5, 5.41) is 7.04. The lowest BCUT2D eigenvalue weighted by Crippen LogP contribution is -2.37. The Bertz CT molecular complexity index is 1390. The highest BCUT2D eigenvalue weighted by Crippen LogP contribution is 2.44. The highest BCUT2D eigenvalue weighted by molar-refractivity contribution is 7.80. The van der Waals surface area contributed by atoms with E-state index in [9.17, 15) is 4.79 Å². The number of nitrogens with zero attached hydrogens (tertiary/aromatic N) is 4. The van der Waals surface area contributed by atoms with Crippen molar-refractivity contribution in [2.45, 2.75) is 38.9 Å². The van der Waals surface area contributed by atoms with Crippen molar-refractivity contribution < 1.29 is 19.0 Å².